The van der Waals surface area contributed by atoms with Gasteiger partial charge in [0.15, 0.2) is 0 Å². The number of rotatable bonds is 17. The van der Waals surface area contributed by atoms with Gasteiger partial charge in [-0.1, -0.05) is 12.1 Å². The minimum Gasteiger partial charge on any atom is -0.508 e. The number of thioether (sulfide) groups is 1. The van der Waals surface area contributed by atoms with Gasteiger partial charge in [-0.05, 0) is 49.0 Å². The number of nitrogens with one attached hydrogen (secondary N) is 3. The summed E-state index contributed by atoms with van der Waals surface area (Å²) in [6.45, 7) is 0. The van der Waals surface area contributed by atoms with Crippen LogP contribution in [0.15, 0.2) is 24.3 Å². The van der Waals surface area contributed by atoms with Crippen molar-refractivity contribution in [1.82, 2.24) is 16.0 Å². The summed E-state index contributed by atoms with van der Waals surface area (Å²) in [5.41, 5.74) is 11.8. The van der Waals surface area contributed by atoms with E-state index in [9.17, 15) is 39.0 Å². The summed E-state index contributed by atoms with van der Waals surface area (Å²) < 4.78 is 0. The normalized spacial score (nSPS) is 13.8. The summed E-state index contributed by atoms with van der Waals surface area (Å²) in [4.78, 5) is 72.1. The van der Waals surface area contributed by atoms with E-state index in [1.54, 1.807) is 18.4 Å². The highest BCUT2D eigenvalue weighted by Crippen LogP contribution is 2.11. The molecule has 0 heterocycles. The van der Waals surface area contributed by atoms with Crippen LogP contribution in [0.4, 0.5) is 0 Å². The lowest BCUT2D eigenvalue weighted by molar-refractivity contribution is -0.147. The number of phenolic OH excluding ortho intramolecular Hbond substituents is 1. The van der Waals surface area contributed by atoms with Crippen LogP contribution in [0.3, 0.4) is 0 Å². The van der Waals surface area contributed by atoms with Crippen LogP contribution in [0.2, 0.25) is 0 Å². The number of amides is 4. The Labute approximate surface area is 222 Å². The maximum absolute atomic E-state index is 13.0. The molecule has 14 nitrogen and oxygen atoms in total. The van der Waals surface area contributed by atoms with E-state index in [1.807, 2.05) is 0 Å². The van der Waals surface area contributed by atoms with E-state index >= 15 is 0 Å². The number of aromatic hydroxyl groups is 1. The minimum atomic E-state index is -1.73. The Morgan fingerprint density at radius 1 is 0.868 bits per heavy atom. The first-order chi connectivity index (χ1) is 17.8. The number of carboxylic acid groups (broad SMARTS) is 2. The molecule has 15 heteroatoms. The third-order valence-corrected chi connectivity index (χ3v) is 5.92. The van der Waals surface area contributed by atoms with E-state index in [0.29, 0.717) is 11.3 Å². The first-order valence-electron chi connectivity index (χ1n) is 11.5. The molecule has 4 unspecified atom stereocenters. The number of nitrogens with two attached hydrogens (primary N) is 2. The molecule has 10 N–H and O–H groups in total. The molecule has 1 aromatic rings. The van der Waals surface area contributed by atoms with Gasteiger partial charge in [-0.15, -0.1) is 0 Å². The first kappa shape index (κ1) is 32.2. The lowest BCUT2D eigenvalue weighted by Gasteiger charge is -2.25. The van der Waals surface area contributed by atoms with Crippen molar-refractivity contribution in [3.05, 3.63) is 29.8 Å². The van der Waals surface area contributed by atoms with Crippen LogP contribution in [0.1, 0.15) is 31.2 Å². The van der Waals surface area contributed by atoms with E-state index in [1.165, 1.54) is 23.9 Å². The van der Waals surface area contributed by atoms with Gasteiger partial charge >= 0.3 is 11.9 Å². The van der Waals surface area contributed by atoms with Crippen molar-refractivity contribution in [2.45, 2.75) is 56.3 Å². The van der Waals surface area contributed by atoms with Crippen LogP contribution in [0.5, 0.6) is 5.75 Å². The molecule has 0 spiro atoms. The van der Waals surface area contributed by atoms with Crippen LogP contribution in [0, 0.1) is 0 Å². The number of phenols is 1. The topological polar surface area (TPSA) is 251 Å². The molecule has 0 aliphatic rings. The fraction of sp³-hybridized carbons (Fsp3) is 0.478. The molecule has 0 saturated carbocycles. The summed E-state index contributed by atoms with van der Waals surface area (Å²) in [5.74, 6) is -5.82. The molecule has 0 saturated heterocycles. The van der Waals surface area contributed by atoms with Gasteiger partial charge in [0.25, 0.3) is 0 Å². The summed E-state index contributed by atoms with van der Waals surface area (Å²) in [6, 6.07) is 0.613. The van der Waals surface area contributed by atoms with Crippen molar-refractivity contribution in [1.29, 1.82) is 0 Å². The highest BCUT2D eigenvalue weighted by atomic mass is 32.2. The minimum absolute atomic E-state index is 0.0349. The summed E-state index contributed by atoms with van der Waals surface area (Å²) in [6.07, 6.45) is 0.538. The number of hydrogen-bond donors (Lipinski definition) is 8. The highest BCUT2D eigenvalue weighted by Gasteiger charge is 2.31. The molecular formula is C23H33N5O9S. The van der Waals surface area contributed by atoms with Crippen molar-refractivity contribution < 1.29 is 44.1 Å². The number of benzene rings is 1. The Morgan fingerprint density at radius 2 is 1.39 bits per heavy atom. The van der Waals surface area contributed by atoms with Crippen LogP contribution in [0.25, 0.3) is 0 Å². The number of primary amides is 1. The number of carboxylic acids is 2. The number of aliphatic carboxylic acids is 2. The lowest BCUT2D eigenvalue weighted by atomic mass is 10.0. The zero-order chi connectivity index (χ0) is 28.8. The monoisotopic (exact) mass is 555 g/mol. The van der Waals surface area contributed by atoms with Crippen LogP contribution >= 0.6 is 11.8 Å². The third-order valence-electron chi connectivity index (χ3n) is 5.28. The maximum atomic E-state index is 13.0. The molecule has 210 valence electrons. The molecule has 4 atom stereocenters. The SMILES string of the molecule is CSCCC(NC(=O)C(CCC(N)=O)NC(=O)C(N)Cc1ccc(O)cc1)C(=O)NC(CC(=O)O)C(=O)O. The summed E-state index contributed by atoms with van der Waals surface area (Å²) >= 11 is 1.34. The molecule has 1 rings (SSSR count). The standard InChI is InChI=1S/C23H33N5O9S/c1-38-9-8-16(22(35)28-17(23(36)37)11-19(31)32)27-21(34)15(6-7-18(25)30)26-20(33)14(24)10-12-2-4-13(29)5-3-12/h2-5,14-17,29H,6-11,24H2,1H3,(H2,25,30)(H,26,33)(H,27,34)(H,28,35)(H,31,32)(H,36,37). The molecular weight excluding hydrogens is 522 g/mol. The van der Waals surface area contributed by atoms with Crippen molar-refractivity contribution in [2.24, 2.45) is 11.5 Å². The molecule has 0 aromatic heterocycles. The number of hydrogen-bond acceptors (Lipinski definition) is 9. The van der Waals surface area contributed by atoms with E-state index in [4.69, 9.17) is 16.6 Å². The maximum Gasteiger partial charge on any atom is 0.326 e. The average molecular weight is 556 g/mol. The van der Waals surface area contributed by atoms with Gasteiger partial charge in [0.2, 0.25) is 23.6 Å². The largest absolute Gasteiger partial charge is 0.508 e. The predicted octanol–water partition coefficient (Wildman–Crippen LogP) is -1.71. The average Bonchev–Trinajstić information content (AvgIpc) is 2.84. The smallest absolute Gasteiger partial charge is 0.326 e. The highest BCUT2D eigenvalue weighted by molar-refractivity contribution is 7.98. The Morgan fingerprint density at radius 3 is 1.89 bits per heavy atom. The van der Waals surface area contributed by atoms with E-state index in [2.05, 4.69) is 16.0 Å². The van der Waals surface area contributed by atoms with Gasteiger partial charge in [-0.25, -0.2) is 4.79 Å². The molecule has 0 bridgehead atoms. The number of carbonyl (C=O) groups excluding carboxylic acids is 4. The lowest BCUT2D eigenvalue weighted by Crippen LogP contribution is -2.57. The van der Waals surface area contributed by atoms with Gasteiger partial charge in [0.05, 0.1) is 12.5 Å². The van der Waals surface area contributed by atoms with Crippen molar-refractivity contribution in [3.63, 3.8) is 0 Å². The zero-order valence-electron chi connectivity index (χ0n) is 20.7. The Bertz CT molecular complexity index is 1010. The van der Waals surface area contributed by atoms with Gasteiger partial charge in [0.1, 0.15) is 23.9 Å². The third kappa shape index (κ3) is 11.9. The van der Waals surface area contributed by atoms with Gasteiger partial charge in [0, 0.05) is 6.42 Å². The van der Waals surface area contributed by atoms with E-state index in [0.717, 1.165) is 0 Å². The van der Waals surface area contributed by atoms with E-state index < -0.39 is 66.2 Å². The second kappa shape index (κ2) is 16.1. The second-order valence-corrected chi connectivity index (χ2v) is 9.37. The summed E-state index contributed by atoms with van der Waals surface area (Å²) in [7, 11) is 0. The molecule has 0 aliphatic carbocycles. The summed E-state index contributed by atoms with van der Waals surface area (Å²) in [5, 5.41) is 34.5. The van der Waals surface area contributed by atoms with Gasteiger partial charge in [-0.3, -0.25) is 24.0 Å². The fourth-order valence-corrected chi connectivity index (χ4v) is 3.71. The zero-order valence-corrected chi connectivity index (χ0v) is 21.5. The molecule has 0 fully saturated rings. The molecule has 4 amide bonds. The molecule has 0 radical (unpaired) electrons. The van der Waals surface area contributed by atoms with E-state index in [-0.39, 0.29) is 31.4 Å². The van der Waals surface area contributed by atoms with Crippen LogP contribution in [-0.4, -0.2) is 87.1 Å². The molecule has 38 heavy (non-hydrogen) atoms. The second-order valence-electron chi connectivity index (χ2n) is 8.38. The van der Waals surface area contributed by atoms with Crippen molar-refractivity contribution in [3.8, 4) is 5.75 Å². The van der Waals surface area contributed by atoms with Crippen LogP contribution in [-0.2, 0) is 35.2 Å². The van der Waals surface area contributed by atoms with Crippen LogP contribution < -0.4 is 27.4 Å². The fourth-order valence-electron chi connectivity index (χ4n) is 3.24. The van der Waals surface area contributed by atoms with Gasteiger partial charge in [-0.2, -0.15) is 11.8 Å². The Kier molecular flexibility index (Phi) is 13.6. The molecule has 0 aliphatic heterocycles. The van der Waals surface area contributed by atoms with Crippen molar-refractivity contribution in [2.75, 3.05) is 12.0 Å². The molecule has 1 aromatic carbocycles. The predicted molar refractivity (Wildman–Crippen MR) is 137 cm³/mol. The Balaban J connectivity index is 2.99. The van der Waals surface area contributed by atoms with Crippen molar-refractivity contribution >= 4 is 47.3 Å². The number of carbonyl (C=O) groups is 6. The first-order valence-corrected chi connectivity index (χ1v) is 12.9. The van der Waals surface area contributed by atoms with Gasteiger partial charge < -0.3 is 42.7 Å². The Hall–Kier alpha value is -3.85. The quantitative estimate of drug-likeness (QED) is 0.107.